The molecule has 7 rings (SSSR count). The first kappa shape index (κ1) is 25.9. The van der Waals surface area contributed by atoms with Gasteiger partial charge < -0.3 is 10.2 Å². The number of fused-ring (bicyclic) bond motifs is 6. The van der Waals surface area contributed by atoms with E-state index in [-0.39, 0.29) is 17.0 Å². The summed E-state index contributed by atoms with van der Waals surface area (Å²) in [4.78, 5) is 56.6. The summed E-state index contributed by atoms with van der Waals surface area (Å²) < 4.78 is 0. The number of para-hydroxylation sites is 1. The van der Waals surface area contributed by atoms with Crippen molar-refractivity contribution in [3.05, 3.63) is 146 Å². The van der Waals surface area contributed by atoms with Gasteiger partial charge in [0.25, 0.3) is 5.69 Å². The summed E-state index contributed by atoms with van der Waals surface area (Å²) in [6.07, 6.45) is 3.66. The van der Waals surface area contributed by atoms with Crippen LogP contribution in [0.25, 0.3) is 6.08 Å². The maximum absolute atomic E-state index is 14.8. The highest BCUT2D eigenvalue weighted by Crippen LogP contribution is 2.62. The summed E-state index contributed by atoms with van der Waals surface area (Å²) in [7, 11) is 0. The third kappa shape index (κ3) is 3.58. The molecule has 9 heteroatoms. The van der Waals surface area contributed by atoms with Gasteiger partial charge in [-0.05, 0) is 53.1 Å². The van der Waals surface area contributed by atoms with Crippen molar-refractivity contribution in [2.45, 2.75) is 17.5 Å². The minimum Gasteiger partial charge on any atom is -0.358 e. The summed E-state index contributed by atoms with van der Waals surface area (Å²) in [5.74, 6) is -2.53. The van der Waals surface area contributed by atoms with Gasteiger partial charge in [-0.1, -0.05) is 66.2 Å². The van der Waals surface area contributed by atoms with Crippen LogP contribution in [-0.2, 0) is 10.2 Å². The molecule has 1 saturated heterocycles. The standard InChI is InChI=1S/C33H22ClN3O5/c34-22-14-12-20(13-15-22)30(39)28-27(29(38)21-7-5-8-23(18-21)37(41)42)33(25-10-3-4-11-26(25)35-32(33)40)31-24-9-2-1-6-19(24)16-17-36(28)31/h1-18,27-28,31H,(H,35,40)/t27-,28+,31+,33-/m1/s1. The number of anilines is 1. The molecule has 1 fully saturated rings. The molecule has 0 saturated carbocycles. The highest BCUT2D eigenvalue weighted by molar-refractivity contribution is 6.30. The van der Waals surface area contributed by atoms with Crippen LogP contribution in [0, 0.1) is 16.0 Å². The lowest BCUT2D eigenvalue weighted by atomic mass is 9.62. The average molecular weight is 576 g/mol. The third-order valence-electron chi connectivity index (χ3n) is 8.59. The number of benzene rings is 4. The Balaban J connectivity index is 1.53. The number of hydrogen-bond acceptors (Lipinski definition) is 6. The van der Waals surface area contributed by atoms with Crippen molar-refractivity contribution < 1.29 is 19.3 Å². The van der Waals surface area contributed by atoms with Crippen LogP contribution in [0.15, 0.2) is 103 Å². The number of Topliss-reactive ketones (excluding diaryl/α,β-unsaturated/α-hetero) is 2. The minimum atomic E-state index is -1.52. The first-order chi connectivity index (χ1) is 20.3. The number of halogens is 1. The highest BCUT2D eigenvalue weighted by Gasteiger charge is 2.70. The van der Waals surface area contributed by atoms with E-state index in [4.69, 9.17) is 11.6 Å². The van der Waals surface area contributed by atoms with Crippen molar-refractivity contribution >= 4 is 46.5 Å². The van der Waals surface area contributed by atoms with Gasteiger partial charge in [-0.15, -0.1) is 0 Å². The van der Waals surface area contributed by atoms with E-state index in [0.29, 0.717) is 21.8 Å². The van der Waals surface area contributed by atoms with Crippen LogP contribution < -0.4 is 5.32 Å². The van der Waals surface area contributed by atoms with Gasteiger partial charge in [-0.25, -0.2) is 0 Å². The molecule has 1 N–H and O–H groups in total. The summed E-state index contributed by atoms with van der Waals surface area (Å²) >= 11 is 6.12. The van der Waals surface area contributed by atoms with Gasteiger partial charge in [-0.3, -0.25) is 24.5 Å². The van der Waals surface area contributed by atoms with E-state index < -0.39 is 40.0 Å². The second-order valence-corrected chi connectivity index (χ2v) is 11.1. The van der Waals surface area contributed by atoms with E-state index in [1.54, 1.807) is 48.7 Å². The zero-order valence-electron chi connectivity index (χ0n) is 21.9. The van der Waals surface area contributed by atoms with E-state index >= 15 is 0 Å². The fraction of sp³-hybridized carbons (Fsp3) is 0.121. The Morgan fingerprint density at radius 1 is 0.881 bits per heavy atom. The predicted molar refractivity (Wildman–Crippen MR) is 157 cm³/mol. The molecule has 3 aliphatic rings. The summed E-state index contributed by atoms with van der Waals surface area (Å²) in [6, 6.07) is 24.8. The third-order valence-corrected chi connectivity index (χ3v) is 8.84. The monoisotopic (exact) mass is 575 g/mol. The van der Waals surface area contributed by atoms with E-state index in [1.807, 2.05) is 41.3 Å². The minimum absolute atomic E-state index is 0.0526. The van der Waals surface area contributed by atoms with Gasteiger partial charge in [0.1, 0.15) is 11.5 Å². The molecule has 0 aromatic heterocycles. The van der Waals surface area contributed by atoms with E-state index in [1.165, 1.54) is 24.3 Å². The van der Waals surface area contributed by atoms with Crippen molar-refractivity contribution in [3.63, 3.8) is 0 Å². The number of ketones is 2. The van der Waals surface area contributed by atoms with E-state index in [2.05, 4.69) is 5.32 Å². The van der Waals surface area contributed by atoms with Crippen molar-refractivity contribution in [2.75, 3.05) is 5.32 Å². The van der Waals surface area contributed by atoms with Crippen molar-refractivity contribution in [2.24, 2.45) is 5.92 Å². The number of nitro benzene ring substituents is 1. The Morgan fingerprint density at radius 2 is 1.62 bits per heavy atom. The fourth-order valence-electron chi connectivity index (χ4n) is 6.90. The molecule has 3 heterocycles. The van der Waals surface area contributed by atoms with Gasteiger partial charge in [0.15, 0.2) is 11.6 Å². The van der Waals surface area contributed by atoms with Gasteiger partial charge in [0, 0.05) is 40.2 Å². The first-order valence-electron chi connectivity index (χ1n) is 13.4. The lowest BCUT2D eigenvalue weighted by Gasteiger charge is -2.38. The number of amides is 1. The van der Waals surface area contributed by atoms with Gasteiger partial charge >= 0.3 is 0 Å². The quantitative estimate of drug-likeness (QED) is 0.172. The molecular formula is C33H22ClN3O5. The molecule has 0 unspecified atom stereocenters. The Morgan fingerprint density at radius 3 is 2.40 bits per heavy atom. The predicted octanol–water partition coefficient (Wildman–Crippen LogP) is 6.23. The molecule has 4 aromatic rings. The normalized spacial score (nSPS) is 23.2. The van der Waals surface area contributed by atoms with Crippen molar-refractivity contribution in [1.29, 1.82) is 0 Å². The van der Waals surface area contributed by atoms with E-state index in [0.717, 1.165) is 11.1 Å². The first-order valence-corrected chi connectivity index (χ1v) is 13.7. The molecular weight excluding hydrogens is 554 g/mol. The Labute approximate surface area is 245 Å². The second kappa shape index (κ2) is 9.49. The molecule has 0 radical (unpaired) electrons. The zero-order chi connectivity index (χ0) is 29.2. The molecule has 0 aliphatic carbocycles. The molecule has 4 atom stereocenters. The van der Waals surface area contributed by atoms with Gasteiger partial charge in [0.05, 0.1) is 16.9 Å². The SMILES string of the molecule is O=C(c1ccc(Cl)cc1)[C@@H]1[C@H](C(=O)c2cccc([N+](=O)[O-])c2)[C@@]2(C(=O)Nc3ccccc32)[C@@H]2c3ccccc3C=CN12. The van der Waals surface area contributed by atoms with E-state index in [9.17, 15) is 24.5 Å². The van der Waals surface area contributed by atoms with Crippen LogP contribution in [0.2, 0.25) is 5.02 Å². The molecule has 3 aliphatic heterocycles. The van der Waals surface area contributed by atoms with Crippen LogP contribution in [0.1, 0.15) is 43.4 Å². The number of rotatable bonds is 5. The molecule has 206 valence electrons. The molecule has 0 bridgehead atoms. The van der Waals surface area contributed by atoms with Gasteiger partial charge in [-0.2, -0.15) is 0 Å². The smallest absolute Gasteiger partial charge is 0.270 e. The molecule has 1 spiro atoms. The second-order valence-electron chi connectivity index (χ2n) is 10.6. The molecule has 42 heavy (non-hydrogen) atoms. The fourth-order valence-corrected chi connectivity index (χ4v) is 7.03. The Kier molecular flexibility index (Phi) is 5.85. The van der Waals surface area contributed by atoms with Crippen LogP contribution >= 0.6 is 11.6 Å². The van der Waals surface area contributed by atoms with Crippen molar-refractivity contribution in [1.82, 2.24) is 4.90 Å². The van der Waals surface area contributed by atoms with Crippen LogP contribution in [0.3, 0.4) is 0 Å². The summed E-state index contributed by atoms with van der Waals surface area (Å²) in [5, 5.41) is 15.1. The number of nitro groups is 1. The maximum atomic E-state index is 14.8. The lowest BCUT2D eigenvalue weighted by Crippen LogP contribution is -2.49. The maximum Gasteiger partial charge on any atom is 0.270 e. The summed E-state index contributed by atoms with van der Waals surface area (Å²) in [6.45, 7) is 0. The molecule has 4 aromatic carbocycles. The number of carbonyl (C=O) groups is 3. The highest BCUT2D eigenvalue weighted by atomic mass is 35.5. The van der Waals surface area contributed by atoms with Crippen molar-refractivity contribution in [3.8, 4) is 0 Å². The van der Waals surface area contributed by atoms with Crippen LogP contribution in [0.5, 0.6) is 0 Å². The van der Waals surface area contributed by atoms with Crippen LogP contribution in [0.4, 0.5) is 11.4 Å². The molecule has 1 amide bonds. The number of nitrogens with one attached hydrogen (secondary N) is 1. The summed E-state index contributed by atoms with van der Waals surface area (Å²) in [5.41, 5.74) is 1.44. The lowest BCUT2D eigenvalue weighted by molar-refractivity contribution is -0.384. The average Bonchev–Trinajstić information content (AvgIpc) is 3.49. The number of hydrogen-bond donors (Lipinski definition) is 1. The number of carbonyl (C=O) groups excluding carboxylic acids is 3. The zero-order valence-corrected chi connectivity index (χ0v) is 22.7. The van der Waals surface area contributed by atoms with Crippen LogP contribution in [-0.4, -0.2) is 33.3 Å². The largest absolute Gasteiger partial charge is 0.358 e. The molecule has 8 nitrogen and oxygen atoms in total. The van der Waals surface area contributed by atoms with Gasteiger partial charge in [0.2, 0.25) is 5.91 Å². The topological polar surface area (TPSA) is 110 Å². The number of non-ortho nitro benzene ring substituents is 1. The Hall–Kier alpha value is -5.08. The number of nitrogens with zero attached hydrogens (tertiary/aromatic N) is 2. The Bertz CT molecular complexity index is 1850.